The Kier molecular flexibility index (Phi) is 5.14. The van der Waals surface area contributed by atoms with E-state index in [0.29, 0.717) is 6.04 Å². The molecule has 0 spiro atoms. The van der Waals surface area contributed by atoms with E-state index in [1.807, 2.05) is 54.8 Å². The topological polar surface area (TPSA) is 32.3 Å². The van der Waals surface area contributed by atoms with Gasteiger partial charge in [0, 0.05) is 36.1 Å². The van der Waals surface area contributed by atoms with E-state index in [-0.39, 0.29) is 5.91 Å². The van der Waals surface area contributed by atoms with Gasteiger partial charge in [0.25, 0.3) is 5.91 Å². The third kappa shape index (κ3) is 3.66. The molecular weight excluding hydrogens is 256 g/mol. The highest BCUT2D eigenvalue weighted by Gasteiger charge is 2.16. The van der Waals surface area contributed by atoms with Crippen molar-refractivity contribution in [3.8, 4) is 0 Å². The Balaban J connectivity index is 2.07. The van der Waals surface area contributed by atoms with Crippen LogP contribution in [0.25, 0.3) is 0 Å². The van der Waals surface area contributed by atoms with Crippen molar-refractivity contribution in [1.82, 2.24) is 4.90 Å². The van der Waals surface area contributed by atoms with Crippen LogP contribution in [-0.4, -0.2) is 41.4 Å². The van der Waals surface area contributed by atoms with Crippen LogP contribution >= 0.6 is 11.8 Å². The molecule has 2 rings (SSSR count). The van der Waals surface area contributed by atoms with E-state index in [1.165, 1.54) is 12.2 Å². The lowest BCUT2D eigenvalue weighted by atomic mass is 10.1. The summed E-state index contributed by atoms with van der Waals surface area (Å²) in [6.45, 7) is 5.54. The molecule has 1 aromatic carbocycles. The smallest absolute Gasteiger partial charge is 0.253 e. The van der Waals surface area contributed by atoms with Gasteiger partial charge in [-0.3, -0.25) is 4.79 Å². The molecule has 1 heterocycles. The van der Waals surface area contributed by atoms with Crippen LogP contribution in [0.4, 0.5) is 5.69 Å². The van der Waals surface area contributed by atoms with Crippen LogP contribution in [-0.2, 0) is 0 Å². The van der Waals surface area contributed by atoms with E-state index in [2.05, 4.69) is 5.32 Å². The Morgan fingerprint density at radius 3 is 2.84 bits per heavy atom. The number of carbonyl (C=O) groups excluding carboxylic acids is 1. The lowest BCUT2D eigenvalue weighted by Gasteiger charge is -2.19. The molecule has 1 aliphatic rings. The summed E-state index contributed by atoms with van der Waals surface area (Å²) in [4.78, 5) is 14.1. The Morgan fingerprint density at radius 2 is 2.21 bits per heavy atom. The lowest BCUT2D eigenvalue weighted by Crippen LogP contribution is -2.30. The number of nitrogens with zero attached hydrogens (tertiary/aromatic N) is 1. The molecule has 1 unspecified atom stereocenters. The molecule has 0 bridgehead atoms. The summed E-state index contributed by atoms with van der Waals surface area (Å²) >= 11 is 1.99. The maximum absolute atomic E-state index is 12.3. The van der Waals surface area contributed by atoms with Gasteiger partial charge in [-0.15, -0.1) is 0 Å². The van der Waals surface area contributed by atoms with Gasteiger partial charge in [0.2, 0.25) is 0 Å². The average Bonchev–Trinajstić information content (AvgIpc) is 2.93. The Labute approximate surface area is 119 Å². The van der Waals surface area contributed by atoms with E-state index in [9.17, 15) is 4.79 Å². The molecule has 1 saturated heterocycles. The Hall–Kier alpha value is -1.16. The van der Waals surface area contributed by atoms with E-state index in [4.69, 9.17) is 0 Å². The van der Waals surface area contributed by atoms with Gasteiger partial charge >= 0.3 is 0 Å². The quantitative estimate of drug-likeness (QED) is 0.898. The molecule has 0 aliphatic carbocycles. The standard InChI is InChI=1S/C15H22N2OS/c1-3-17(4-2)15(18)12-6-5-7-13(10-12)16-14-8-9-19-11-14/h5-7,10,14,16H,3-4,8-9,11H2,1-2H3. The summed E-state index contributed by atoms with van der Waals surface area (Å²) in [5.74, 6) is 2.51. The number of nitrogens with one attached hydrogen (secondary N) is 1. The first kappa shape index (κ1) is 14.3. The fraction of sp³-hybridized carbons (Fsp3) is 0.533. The highest BCUT2D eigenvalue weighted by Crippen LogP contribution is 2.22. The van der Waals surface area contributed by atoms with Gasteiger partial charge in [0.15, 0.2) is 0 Å². The van der Waals surface area contributed by atoms with Crippen molar-refractivity contribution in [3.63, 3.8) is 0 Å². The number of hydrogen-bond donors (Lipinski definition) is 1. The largest absolute Gasteiger partial charge is 0.381 e. The predicted molar refractivity (Wildman–Crippen MR) is 83.0 cm³/mol. The summed E-state index contributed by atoms with van der Waals surface area (Å²) in [6.07, 6.45) is 1.21. The van der Waals surface area contributed by atoms with Gasteiger partial charge in [0.1, 0.15) is 0 Å². The molecule has 1 aromatic rings. The normalized spacial score (nSPS) is 18.3. The molecule has 19 heavy (non-hydrogen) atoms. The van der Waals surface area contributed by atoms with Gasteiger partial charge in [-0.1, -0.05) is 6.07 Å². The number of amides is 1. The SMILES string of the molecule is CCN(CC)C(=O)c1cccc(NC2CCSC2)c1. The minimum absolute atomic E-state index is 0.120. The summed E-state index contributed by atoms with van der Waals surface area (Å²) in [5, 5.41) is 3.52. The van der Waals surface area contributed by atoms with Gasteiger partial charge < -0.3 is 10.2 Å². The van der Waals surface area contributed by atoms with Crippen molar-refractivity contribution in [2.45, 2.75) is 26.3 Å². The minimum Gasteiger partial charge on any atom is -0.381 e. The van der Waals surface area contributed by atoms with E-state index in [0.717, 1.165) is 30.1 Å². The zero-order valence-corrected chi connectivity index (χ0v) is 12.5. The lowest BCUT2D eigenvalue weighted by molar-refractivity contribution is 0.0773. The van der Waals surface area contributed by atoms with Crippen molar-refractivity contribution < 1.29 is 4.79 Å². The van der Waals surface area contributed by atoms with Crippen LogP contribution in [0, 0.1) is 0 Å². The first-order valence-electron chi connectivity index (χ1n) is 6.98. The first-order chi connectivity index (χ1) is 9.24. The van der Waals surface area contributed by atoms with Crippen LogP contribution in [0.3, 0.4) is 0 Å². The Morgan fingerprint density at radius 1 is 1.42 bits per heavy atom. The maximum Gasteiger partial charge on any atom is 0.253 e. The van der Waals surface area contributed by atoms with Crippen LogP contribution in [0.15, 0.2) is 24.3 Å². The molecule has 1 fully saturated rings. The van der Waals surface area contributed by atoms with Gasteiger partial charge in [-0.25, -0.2) is 0 Å². The maximum atomic E-state index is 12.3. The second kappa shape index (κ2) is 6.85. The summed E-state index contributed by atoms with van der Waals surface area (Å²) in [5.41, 5.74) is 1.84. The fourth-order valence-electron chi connectivity index (χ4n) is 2.32. The second-order valence-electron chi connectivity index (χ2n) is 4.76. The highest BCUT2D eigenvalue weighted by atomic mass is 32.2. The third-order valence-electron chi connectivity index (χ3n) is 3.46. The number of anilines is 1. The van der Waals surface area contributed by atoms with Gasteiger partial charge in [-0.05, 0) is 44.2 Å². The number of rotatable bonds is 5. The van der Waals surface area contributed by atoms with Crippen molar-refractivity contribution in [1.29, 1.82) is 0 Å². The van der Waals surface area contributed by atoms with Gasteiger partial charge in [-0.2, -0.15) is 11.8 Å². The molecule has 0 saturated carbocycles. The fourth-order valence-corrected chi connectivity index (χ4v) is 3.47. The molecule has 1 aliphatic heterocycles. The van der Waals surface area contributed by atoms with E-state index >= 15 is 0 Å². The first-order valence-corrected chi connectivity index (χ1v) is 8.13. The predicted octanol–water partition coefficient (Wildman–Crippen LogP) is 3.09. The molecule has 104 valence electrons. The van der Waals surface area contributed by atoms with E-state index < -0.39 is 0 Å². The second-order valence-corrected chi connectivity index (χ2v) is 5.91. The highest BCUT2D eigenvalue weighted by molar-refractivity contribution is 7.99. The number of hydrogen-bond acceptors (Lipinski definition) is 3. The zero-order valence-electron chi connectivity index (χ0n) is 11.7. The Bertz CT molecular complexity index is 426. The van der Waals surface area contributed by atoms with Crippen molar-refractivity contribution >= 4 is 23.4 Å². The zero-order chi connectivity index (χ0) is 13.7. The summed E-state index contributed by atoms with van der Waals surface area (Å²) < 4.78 is 0. The van der Waals surface area contributed by atoms with Gasteiger partial charge in [0.05, 0.1) is 0 Å². The molecule has 0 aromatic heterocycles. The summed E-state index contributed by atoms with van der Waals surface area (Å²) in [7, 11) is 0. The van der Waals surface area contributed by atoms with Crippen LogP contribution in [0.2, 0.25) is 0 Å². The number of thioether (sulfide) groups is 1. The molecule has 1 amide bonds. The molecule has 4 heteroatoms. The van der Waals surface area contributed by atoms with Crippen molar-refractivity contribution in [2.75, 3.05) is 29.9 Å². The summed E-state index contributed by atoms with van der Waals surface area (Å²) in [6, 6.07) is 8.42. The third-order valence-corrected chi connectivity index (χ3v) is 4.62. The molecule has 0 radical (unpaired) electrons. The molecule has 1 N–H and O–H groups in total. The van der Waals surface area contributed by atoms with Crippen LogP contribution in [0.5, 0.6) is 0 Å². The van der Waals surface area contributed by atoms with Crippen LogP contribution < -0.4 is 5.32 Å². The van der Waals surface area contributed by atoms with E-state index in [1.54, 1.807) is 0 Å². The minimum atomic E-state index is 0.120. The number of carbonyl (C=O) groups is 1. The molecule has 1 atom stereocenters. The van der Waals surface area contributed by atoms with Crippen molar-refractivity contribution in [2.24, 2.45) is 0 Å². The molecular formula is C15H22N2OS. The van der Waals surface area contributed by atoms with Crippen LogP contribution in [0.1, 0.15) is 30.6 Å². The average molecular weight is 278 g/mol. The molecule has 3 nitrogen and oxygen atoms in total. The monoisotopic (exact) mass is 278 g/mol. The van der Waals surface area contributed by atoms with Crippen molar-refractivity contribution in [3.05, 3.63) is 29.8 Å². The number of benzene rings is 1.